The van der Waals surface area contributed by atoms with Gasteiger partial charge in [-0.2, -0.15) is 4.98 Å². The lowest BCUT2D eigenvalue weighted by molar-refractivity contribution is -0.121. The van der Waals surface area contributed by atoms with Gasteiger partial charge in [-0.25, -0.2) is 9.50 Å². The molecule has 0 aliphatic rings. The molecule has 1 unspecified atom stereocenters. The fourth-order valence-corrected chi connectivity index (χ4v) is 3.45. The molecule has 2 aromatic heterocycles. The molecule has 3 aromatic rings. The van der Waals surface area contributed by atoms with E-state index < -0.39 is 0 Å². The molecular formula is C20H25N5OS. The smallest absolute Gasteiger partial charge is 0.253 e. The maximum atomic E-state index is 12.6. The van der Waals surface area contributed by atoms with Crippen molar-refractivity contribution < 1.29 is 4.79 Å². The summed E-state index contributed by atoms with van der Waals surface area (Å²) in [5.41, 5.74) is 5.01. The summed E-state index contributed by atoms with van der Waals surface area (Å²) < 4.78 is 1.72. The maximum Gasteiger partial charge on any atom is 0.253 e. The number of amides is 1. The van der Waals surface area contributed by atoms with Gasteiger partial charge in [0.2, 0.25) is 11.1 Å². The zero-order chi connectivity index (χ0) is 19.6. The molecule has 1 atom stereocenters. The van der Waals surface area contributed by atoms with Crippen molar-refractivity contribution in [1.29, 1.82) is 0 Å². The van der Waals surface area contributed by atoms with Crippen LogP contribution >= 0.6 is 11.8 Å². The predicted molar refractivity (Wildman–Crippen MR) is 108 cm³/mol. The van der Waals surface area contributed by atoms with Gasteiger partial charge in [0.1, 0.15) is 0 Å². The monoisotopic (exact) mass is 383 g/mol. The average Bonchev–Trinajstić information content (AvgIpc) is 3.08. The summed E-state index contributed by atoms with van der Waals surface area (Å²) in [4.78, 5) is 21.5. The standard InChI is InChI=1S/C20H25N5OS/c1-6-15-7-9-16(10-8-15)12(2)21-18(26)11-17-13(3)22-19-23-20(27-5)24-25(19)14(17)4/h7-10,12H,6,11H2,1-5H3,(H,21,26). The molecule has 27 heavy (non-hydrogen) atoms. The summed E-state index contributed by atoms with van der Waals surface area (Å²) in [6.45, 7) is 8.00. The van der Waals surface area contributed by atoms with Crippen LogP contribution in [0.1, 0.15) is 48.0 Å². The molecule has 0 radical (unpaired) electrons. The first-order valence-electron chi connectivity index (χ1n) is 9.08. The van der Waals surface area contributed by atoms with E-state index >= 15 is 0 Å². The number of carbonyl (C=O) groups excluding carboxylic acids is 1. The number of aryl methyl sites for hydroxylation is 3. The zero-order valence-electron chi connectivity index (χ0n) is 16.4. The highest BCUT2D eigenvalue weighted by Crippen LogP contribution is 2.18. The second-order valence-corrected chi connectivity index (χ2v) is 7.41. The number of fused-ring (bicyclic) bond motifs is 1. The number of nitrogens with one attached hydrogen (secondary N) is 1. The van der Waals surface area contributed by atoms with E-state index in [0.29, 0.717) is 10.9 Å². The molecule has 0 saturated carbocycles. The lowest BCUT2D eigenvalue weighted by Crippen LogP contribution is -2.29. The van der Waals surface area contributed by atoms with Gasteiger partial charge in [0.25, 0.3) is 5.78 Å². The molecule has 1 amide bonds. The Kier molecular flexibility index (Phi) is 5.79. The van der Waals surface area contributed by atoms with Gasteiger partial charge in [0.15, 0.2) is 0 Å². The van der Waals surface area contributed by atoms with Gasteiger partial charge in [0.05, 0.1) is 12.5 Å². The van der Waals surface area contributed by atoms with Crippen LogP contribution in [0.25, 0.3) is 5.78 Å². The quantitative estimate of drug-likeness (QED) is 0.660. The van der Waals surface area contributed by atoms with Gasteiger partial charge < -0.3 is 5.32 Å². The molecular weight excluding hydrogens is 358 g/mol. The molecule has 142 valence electrons. The van der Waals surface area contributed by atoms with Crippen molar-refractivity contribution in [2.24, 2.45) is 0 Å². The van der Waals surface area contributed by atoms with E-state index in [0.717, 1.165) is 28.9 Å². The molecule has 0 aliphatic heterocycles. The van der Waals surface area contributed by atoms with E-state index in [1.54, 1.807) is 4.52 Å². The van der Waals surface area contributed by atoms with E-state index in [9.17, 15) is 4.79 Å². The van der Waals surface area contributed by atoms with Crippen LogP contribution in [0.5, 0.6) is 0 Å². The molecule has 7 heteroatoms. The minimum atomic E-state index is -0.0461. The predicted octanol–water partition coefficient (Wildman–Crippen LogP) is 3.45. The SMILES string of the molecule is CCc1ccc(C(C)NC(=O)Cc2c(C)nc3nc(SC)nn3c2C)cc1. The molecule has 3 rings (SSSR count). The highest BCUT2D eigenvalue weighted by atomic mass is 32.2. The Hall–Kier alpha value is -2.41. The van der Waals surface area contributed by atoms with Crippen molar-refractivity contribution in [1.82, 2.24) is 24.9 Å². The van der Waals surface area contributed by atoms with Crippen LogP contribution in [-0.2, 0) is 17.6 Å². The van der Waals surface area contributed by atoms with Crippen molar-refractivity contribution in [2.45, 2.75) is 51.7 Å². The molecule has 1 aromatic carbocycles. The Balaban J connectivity index is 1.76. The van der Waals surface area contributed by atoms with Crippen LogP contribution < -0.4 is 5.32 Å². The highest BCUT2D eigenvalue weighted by Gasteiger charge is 2.17. The second-order valence-electron chi connectivity index (χ2n) is 6.63. The maximum absolute atomic E-state index is 12.6. The van der Waals surface area contributed by atoms with Crippen LogP contribution in [0, 0.1) is 13.8 Å². The Morgan fingerprint density at radius 1 is 1.22 bits per heavy atom. The van der Waals surface area contributed by atoms with Crippen molar-refractivity contribution in [3.8, 4) is 0 Å². The van der Waals surface area contributed by atoms with Crippen LogP contribution in [0.15, 0.2) is 29.4 Å². The summed E-state index contributed by atoms with van der Waals surface area (Å²) in [5.74, 6) is 0.544. The van der Waals surface area contributed by atoms with Gasteiger partial charge in [0, 0.05) is 17.0 Å². The van der Waals surface area contributed by atoms with Gasteiger partial charge in [-0.3, -0.25) is 4.79 Å². The summed E-state index contributed by atoms with van der Waals surface area (Å²) in [6, 6.07) is 8.33. The lowest BCUT2D eigenvalue weighted by atomic mass is 10.0. The van der Waals surface area contributed by atoms with Crippen molar-refractivity contribution in [2.75, 3.05) is 6.26 Å². The van der Waals surface area contributed by atoms with E-state index in [4.69, 9.17) is 0 Å². The molecule has 0 saturated heterocycles. The lowest BCUT2D eigenvalue weighted by Gasteiger charge is -2.16. The number of aromatic nitrogens is 4. The van der Waals surface area contributed by atoms with E-state index in [2.05, 4.69) is 51.6 Å². The molecule has 0 aliphatic carbocycles. The number of thioether (sulfide) groups is 1. The molecule has 2 heterocycles. The van der Waals surface area contributed by atoms with E-state index in [-0.39, 0.29) is 18.4 Å². The largest absolute Gasteiger partial charge is 0.349 e. The minimum Gasteiger partial charge on any atom is -0.349 e. The van der Waals surface area contributed by atoms with Crippen molar-refractivity contribution in [3.63, 3.8) is 0 Å². The van der Waals surface area contributed by atoms with Gasteiger partial charge in [-0.05, 0) is 44.6 Å². The number of hydrogen-bond donors (Lipinski definition) is 1. The van der Waals surface area contributed by atoms with Crippen molar-refractivity contribution in [3.05, 3.63) is 52.3 Å². The first kappa shape index (κ1) is 19.4. The average molecular weight is 384 g/mol. The van der Waals surface area contributed by atoms with Crippen molar-refractivity contribution >= 4 is 23.4 Å². The van der Waals surface area contributed by atoms with Crippen LogP contribution in [-0.4, -0.2) is 31.7 Å². The Labute approximate surface area is 163 Å². The molecule has 6 nitrogen and oxygen atoms in total. The normalized spacial score (nSPS) is 12.3. The number of benzene rings is 1. The first-order chi connectivity index (χ1) is 12.9. The fraction of sp³-hybridized carbons (Fsp3) is 0.400. The zero-order valence-corrected chi connectivity index (χ0v) is 17.2. The van der Waals surface area contributed by atoms with Gasteiger partial charge in [-0.15, -0.1) is 5.10 Å². The number of hydrogen-bond acceptors (Lipinski definition) is 5. The summed E-state index contributed by atoms with van der Waals surface area (Å²) in [5, 5.41) is 8.20. The number of rotatable bonds is 6. The number of carbonyl (C=O) groups is 1. The molecule has 0 fully saturated rings. The Bertz CT molecular complexity index is 965. The Morgan fingerprint density at radius 2 is 1.93 bits per heavy atom. The van der Waals surface area contributed by atoms with Crippen LogP contribution in [0.3, 0.4) is 0 Å². The number of nitrogens with zero attached hydrogens (tertiary/aromatic N) is 4. The van der Waals surface area contributed by atoms with Crippen LogP contribution in [0.2, 0.25) is 0 Å². The van der Waals surface area contributed by atoms with Gasteiger partial charge >= 0.3 is 0 Å². The fourth-order valence-electron chi connectivity index (χ4n) is 3.11. The topological polar surface area (TPSA) is 72.2 Å². The summed E-state index contributed by atoms with van der Waals surface area (Å²) >= 11 is 1.48. The third-order valence-electron chi connectivity index (χ3n) is 4.81. The molecule has 0 bridgehead atoms. The third kappa shape index (κ3) is 4.13. The molecule has 1 N–H and O–H groups in total. The minimum absolute atomic E-state index is 0.0281. The Morgan fingerprint density at radius 3 is 2.56 bits per heavy atom. The molecule has 0 spiro atoms. The van der Waals surface area contributed by atoms with E-state index in [1.807, 2.05) is 27.0 Å². The van der Waals surface area contributed by atoms with E-state index in [1.165, 1.54) is 17.3 Å². The van der Waals surface area contributed by atoms with Gasteiger partial charge in [-0.1, -0.05) is 43.0 Å². The first-order valence-corrected chi connectivity index (χ1v) is 10.3. The van der Waals surface area contributed by atoms with Crippen LogP contribution in [0.4, 0.5) is 0 Å². The second kappa shape index (κ2) is 8.08. The summed E-state index contributed by atoms with van der Waals surface area (Å²) in [7, 11) is 0. The summed E-state index contributed by atoms with van der Waals surface area (Å²) in [6.07, 6.45) is 3.21. The third-order valence-corrected chi connectivity index (χ3v) is 5.35. The highest BCUT2D eigenvalue weighted by molar-refractivity contribution is 7.98.